The van der Waals surface area contributed by atoms with E-state index in [4.69, 9.17) is 15.2 Å². The van der Waals surface area contributed by atoms with Crippen molar-refractivity contribution in [3.8, 4) is 6.07 Å². The second-order valence-corrected chi connectivity index (χ2v) is 4.90. The molecule has 1 aliphatic rings. The highest BCUT2D eigenvalue weighted by atomic mass is 19.1. The number of carbonyl (C=O) groups excluding carboxylic acids is 1. The minimum Gasteiger partial charge on any atom is -0.463 e. The van der Waals surface area contributed by atoms with E-state index >= 15 is 0 Å². The van der Waals surface area contributed by atoms with Crippen LogP contribution in [0.1, 0.15) is 25.3 Å². The summed E-state index contributed by atoms with van der Waals surface area (Å²) in [6.07, 6.45) is 0. The van der Waals surface area contributed by atoms with E-state index < -0.39 is 40.8 Å². The monoisotopic (exact) mass is 338 g/mol. The van der Waals surface area contributed by atoms with Gasteiger partial charge in [0, 0.05) is 17.7 Å². The van der Waals surface area contributed by atoms with Crippen LogP contribution in [0.25, 0.3) is 0 Å². The number of allylic oxidation sites excluding steroid dienone is 2. The molecule has 5 nitrogen and oxygen atoms in total. The molecule has 0 radical (unpaired) electrons. The predicted octanol–water partition coefficient (Wildman–Crippen LogP) is 2.75. The third-order valence-corrected chi connectivity index (χ3v) is 3.43. The topological polar surface area (TPSA) is 85.3 Å². The predicted molar refractivity (Wildman–Crippen MR) is 76.3 cm³/mol. The van der Waals surface area contributed by atoms with Crippen molar-refractivity contribution in [1.82, 2.24) is 0 Å². The van der Waals surface area contributed by atoms with Gasteiger partial charge >= 0.3 is 5.97 Å². The molecular weight excluding hydrogens is 325 g/mol. The van der Waals surface area contributed by atoms with E-state index in [-0.39, 0.29) is 23.5 Å². The van der Waals surface area contributed by atoms with E-state index in [1.165, 1.54) is 6.92 Å². The summed E-state index contributed by atoms with van der Waals surface area (Å²) in [6.45, 7) is 2.89. The fourth-order valence-corrected chi connectivity index (χ4v) is 2.47. The number of nitriles is 1. The van der Waals surface area contributed by atoms with Gasteiger partial charge in [0.2, 0.25) is 5.88 Å². The number of benzene rings is 1. The van der Waals surface area contributed by atoms with Crippen molar-refractivity contribution in [3.05, 3.63) is 57.9 Å². The van der Waals surface area contributed by atoms with E-state index in [9.17, 15) is 23.2 Å². The van der Waals surface area contributed by atoms with Crippen LogP contribution in [0.3, 0.4) is 0 Å². The Hall–Kier alpha value is -2.95. The molecule has 1 unspecified atom stereocenters. The van der Waals surface area contributed by atoms with Crippen molar-refractivity contribution in [2.45, 2.75) is 19.8 Å². The third-order valence-electron chi connectivity index (χ3n) is 3.43. The summed E-state index contributed by atoms with van der Waals surface area (Å²) >= 11 is 0. The van der Waals surface area contributed by atoms with Gasteiger partial charge in [-0.25, -0.2) is 18.0 Å². The normalized spacial score (nSPS) is 17.4. The van der Waals surface area contributed by atoms with Crippen LogP contribution in [0.4, 0.5) is 13.2 Å². The van der Waals surface area contributed by atoms with Crippen molar-refractivity contribution in [3.63, 3.8) is 0 Å². The number of ether oxygens (including phenoxy) is 2. The highest BCUT2D eigenvalue weighted by Gasteiger charge is 2.39. The van der Waals surface area contributed by atoms with Crippen molar-refractivity contribution in [1.29, 1.82) is 5.26 Å². The molecule has 24 heavy (non-hydrogen) atoms. The van der Waals surface area contributed by atoms with Crippen molar-refractivity contribution in [2.24, 2.45) is 5.73 Å². The molecule has 0 aliphatic carbocycles. The summed E-state index contributed by atoms with van der Waals surface area (Å²) in [5, 5.41) is 9.28. The molecule has 0 saturated carbocycles. The van der Waals surface area contributed by atoms with Gasteiger partial charge < -0.3 is 15.2 Å². The zero-order valence-electron chi connectivity index (χ0n) is 12.8. The first kappa shape index (κ1) is 17.4. The maximum absolute atomic E-state index is 14.2. The zero-order chi connectivity index (χ0) is 18.0. The Bertz CT molecular complexity index is 786. The van der Waals surface area contributed by atoms with Gasteiger partial charge in [0.1, 0.15) is 34.9 Å². The van der Waals surface area contributed by atoms with Crippen molar-refractivity contribution in [2.75, 3.05) is 6.61 Å². The van der Waals surface area contributed by atoms with E-state index in [2.05, 4.69) is 0 Å². The molecule has 1 heterocycles. The average Bonchev–Trinajstić information content (AvgIpc) is 2.46. The van der Waals surface area contributed by atoms with Crippen LogP contribution < -0.4 is 5.73 Å². The highest BCUT2D eigenvalue weighted by molar-refractivity contribution is 5.92. The van der Waals surface area contributed by atoms with E-state index in [1.54, 1.807) is 13.0 Å². The largest absolute Gasteiger partial charge is 0.463 e. The minimum absolute atomic E-state index is 0.00218. The van der Waals surface area contributed by atoms with Crippen LogP contribution in [0.2, 0.25) is 0 Å². The molecule has 1 aromatic carbocycles. The van der Waals surface area contributed by atoms with Crippen LogP contribution in [-0.2, 0) is 14.3 Å². The lowest BCUT2D eigenvalue weighted by molar-refractivity contribution is -0.139. The maximum Gasteiger partial charge on any atom is 0.338 e. The fraction of sp³-hybridized carbons (Fsp3) is 0.250. The second kappa shape index (κ2) is 6.66. The standard InChI is InChI=1S/C16H13F3N2O3/c1-3-23-16(22)12-7(2)24-15(21)9(6-20)13(12)14-10(18)4-8(17)5-11(14)19/h4-5,13H,3,21H2,1-2H3. The van der Waals surface area contributed by atoms with Gasteiger partial charge in [-0.3, -0.25) is 0 Å². The first-order valence-electron chi connectivity index (χ1n) is 6.91. The summed E-state index contributed by atoms with van der Waals surface area (Å²) in [6, 6.07) is 2.59. The van der Waals surface area contributed by atoms with Gasteiger partial charge in [-0.1, -0.05) is 0 Å². The lowest BCUT2D eigenvalue weighted by Crippen LogP contribution is -2.26. The number of nitrogens with zero attached hydrogens (tertiary/aromatic N) is 1. The molecule has 1 aromatic rings. The van der Waals surface area contributed by atoms with Crippen LogP contribution >= 0.6 is 0 Å². The summed E-state index contributed by atoms with van der Waals surface area (Å²) in [4.78, 5) is 12.2. The zero-order valence-corrected chi connectivity index (χ0v) is 12.8. The SMILES string of the molecule is CCOC(=O)C1=C(C)OC(N)=C(C#N)C1c1c(F)cc(F)cc1F. The number of hydrogen-bond donors (Lipinski definition) is 1. The van der Waals surface area contributed by atoms with Crippen LogP contribution in [0, 0.1) is 28.8 Å². The molecule has 8 heteroatoms. The number of halogens is 3. The van der Waals surface area contributed by atoms with Crippen molar-refractivity contribution >= 4 is 5.97 Å². The Labute approximate surface area is 135 Å². The molecule has 1 atom stereocenters. The lowest BCUT2D eigenvalue weighted by atomic mass is 9.82. The first-order valence-corrected chi connectivity index (χ1v) is 6.91. The van der Waals surface area contributed by atoms with E-state index in [0.29, 0.717) is 12.1 Å². The summed E-state index contributed by atoms with van der Waals surface area (Å²) in [5.41, 5.74) is 4.29. The number of hydrogen-bond acceptors (Lipinski definition) is 5. The minimum atomic E-state index is -1.50. The van der Waals surface area contributed by atoms with Gasteiger partial charge in [0.25, 0.3) is 0 Å². The lowest BCUT2D eigenvalue weighted by Gasteiger charge is -2.27. The summed E-state index contributed by atoms with van der Waals surface area (Å²) < 4.78 is 51.6. The molecular formula is C16H13F3N2O3. The molecule has 2 rings (SSSR count). The molecule has 0 fully saturated rings. The second-order valence-electron chi connectivity index (χ2n) is 4.90. The van der Waals surface area contributed by atoms with Gasteiger partial charge in [-0.15, -0.1) is 0 Å². The third kappa shape index (κ3) is 2.93. The molecule has 2 N–H and O–H groups in total. The summed E-state index contributed by atoms with van der Waals surface area (Å²) in [5.74, 6) is -6.50. The van der Waals surface area contributed by atoms with E-state index in [1.807, 2.05) is 0 Å². The average molecular weight is 338 g/mol. The van der Waals surface area contributed by atoms with Gasteiger partial charge in [-0.05, 0) is 13.8 Å². The number of rotatable bonds is 3. The molecule has 126 valence electrons. The fourth-order valence-electron chi connectivity index (χ4n) is 2.47. The number of carbonyl (C=O) groups is 1. The smallest absolute Gasteiger partial charge is 0.338 e. The Morgan fingerprint density at radius 2 is 1.96 bits per heavy atom. The number of nitrogens with two attached hydrogens (primary N) is 1. The van der Waals surface area contributed by atoms with Crippen LogP contribution in [-0.4, -0.2) is 12.6 Å². The molecule has 0 spiro atoms. The van der Waals surface area contributed by atoms with Gasteiger partial charge in [-0.2, -0.15) is 5.26 Å². The highest BCUT2D eigenvalue weighted by Crippen LogP contribution is 2.41. The maximum atomic E-state index is 14.2. The molecule has 0 aromatic heterocycles. The summed E-state index contributed by atoms with van der Waals surface area (Å²) in [7, 11) is 0. The molecule has 1 aliphatic heterocycles. The first-order chi connectivity index (χ1) is 11.3. The van der Waals surface area contributed by atoms with E-state index in [0.717, 1.165) is 0 Å². The van der Waals surface area contributed by atoms with Gasteiger partial charge in [0.15, 0.2) is 0 Å². The number of esters is 1. The Morgan fingerprint density at radius 3 is 2.46 bits per heavy atom. The molecule has 0 amide bonds. The van der Waals surface area contributed by atoms with Crippen LogP contribution in [0.5, 0.6) is 0 Å². The Balaban J connectivity index is 2.75. The van der Waals surface area contributed by atoms with Gasteiger partial charge in [0.05, 0.1) is 18.1 Å². The molecule has 0 saturated heterocycles. The Kier molecular flexibility index (Phi) is 4.83. The quantitative estimate of drug-likeness (QED) is 0.857. The van der Waals surface area contributed by atoms with Crippen LogP contribution in [0.15, 0.2) is 34.9 Å². The molecule has 0 bridgehead atoms. The Morgan fingerprint density at radius 1 is 1.38 bits per heavy atom. The van der Waals surface area contributed by atoms with Crippen molar-refractivity contribution < 1.29 is 27.4 Å².